The number of amides is 1. The number of thioether (sulfide) groups is 1. The predicted molar refractivity (Wildman–Crippen MR) is 88.6 cm³/mol. The Morgan fingerprint density at radius 3 is 2.45 bits per heavy atom. The van der Waals surface area contributed by atoms with Crippen LogP contribution in [-0.4, -0.2) is 53.3 Å². The van der Waals surface area contributed by atoms with Crippen LogP contribution in [0.5, 0.6) is 0 Å². The van der Waals surface area contributed by atoms with Crippen LogP contribution in [-0.2, 0) is 4.74 Å². The van der Waals surface area contributed by atoms with Crippen molar-refractivity contribution >= 4 is 17.7 Å². The van der Waals surface area contributed by atoms with Crippen LogP contribution in [0.1, 0.15) is 54.5 Å². The highest BCUT2D eigenvalue weighted by Crippen LogP contribution is 2.25. The summed E-state index contributed by atoms with van der Waals surface area (Å²) >= 11 is 1.52. The Kier molecular flexibility index (Phi) is 5.81. The van der Waals surface area contributed by atoms with Crippen LogP contribution in [0.15, 0.2) is 5.03 Å². The number of likely N-dealkylation sites (tertiary alicyclic amines) is 1. The van der Waals surface area contributed by atoms with Gasteiger partial charge in [-0.3, -0.25) is 4.79 Å². The molecule has 0 saturated carbocycles. The molecule has 0 bridgehead atoms. The van der Waals surface area contributed by atoms with Crippen LogP contribution in [0.4, 0.5) is 0 Å². The van der Waals surface area contributed by atoms with Crippen LogP contribution in [0, 0.1) is 6.92 Å². The van der Waals surface area contributed by atoms with Gasteiger partial charge >= 0.3 is 0 Å². The fourth-order valence-electron chi connectivity index (χ4n) is 2.67. The molecule has 0 atom stereocenters. The van der Waals surface area contributed by atoms with Crippen LogP contribution < -0.4 is 0 Å². The molecular formula is C16H25N3O2S. The lowest BCUT2D eigenvalue weighted by Gasteiger charge is -2.31. The molecule has 1 aliphatic rings. The number of nitrogens with zero attached hydrogens (tertiary/aromatic N) is 3. The van der Waals surface area contributed by atoms with Gasteiger partial charge in [-0.2, -0.15) is 0 Å². The van der Waals surface area contributed by atoms with Crippen LogP contribution in [0.2, 0.25) is 0 Å². The van der Waals surface area contributed by atoms with E-state index >= 15 is 0 Å². The highest BCUT2D eigenvalue weighted by molar-refractivity contribution is 7.98. The lowest BCUT2D eigenvalue weighted by atomic mass is 10.1. The minimum atomic E-state index is 0.0479. The first-order valence-electron chi connectivity index (χ1n) is 7.72. The molecule has 2 rings (SSSR count). The molecule has 0 N–H and O–H groups in total. The number of carbonyl (C=O) groups excluding carboxylic acids is 1. The van der Waals surface area contributed by atoms with E-state index in [-0.39, 0.29) is 17.9 Å². The first kappa shape index (κ1) is 17.2. The van der Waals surface area contributed by atoms with E-state index in [1.165, 1.54) is 11.8 Å². The molecule has 1 amide bonds. The summed E-state index contributed by atoms with van der Waals surface area (Å²) in [5.41, 5.74) is 1.44. The van der Waals surface area contributed by atoms with E-state index in [2.05, 4.69) is 23.8 Å². The Bertz CT molecular complexity index is 540. The zero-order valence-corrected chi connectivity index (χ0v) is 14.9. The van der Waals surface area contributed by atoms with Gasteiger partial charge in [0.15, 0.2) is 0 Å². The van der Waals surface area contributed by atoms with Gasteiger partial charge in [0.2, 0.25) is 0 Å². The van der Waals surface area contributed by atoms with Gasteiger partial charge < -0.3 is 9.64 Å². The number of aromatic nitrogens is 2. The maximum absolute atomic E-state index is 12.9. The van der Waals surface area contributed by atoms with E-state index in [0.717, 1.165) is 42.5 Å². The van der Waals surface area contributed by atoms with Crippen molar-refractivity contribution < 1.29 is 9.53 Å². The summed E-state index contributed by atoms with van der Waals surface area (Å²) in [5.74, 6) is 1.11. The van der Waals surface area contributed by atoms with E-state index < -0.39 is 0 Å². The molecule has 1 saturated heterocycles. The van der Waals surface area contributed by atoms with E-state index in [1.54, 1.807) is 7.11 Å². The zero-order valence-electron chi connectivity index (χ0n) is 14.0. The second-order valence-corrected chi connectivity index (χ2v) is 6.73. The average Bonchev–Trinajstić information content (AvgIpc) is 2.53. The Morgan fingerprint density at radius 1 is 1.32 bits per heavy atom. The molecule has 122 valence electrons. The topological polar surface area (TPSA) is 55.3 Å². The van der Waals surface area contributed by atoms with E-state index in [0.29, 0.717) is 5.56 Å². The van der Waals surface area contributed by atoms with Gasteiger partial charge in [0.1, 0.15) is 10.9 Å². The first-order valence-corrected chi connectivity index (χ1v) is 8.95. The van der Waals surface area contributed by atoms with Gasteiger partial charge in [-0.15, -0.1) is 11.8 Å². The van der Waals surface area contributed by atoms with Crippen molar-refractivity contribution in [1.82, 2.24) is 14.9 Å². The molecule has 2 heterocycles. The number of methoxy groups -OCH3 is 1. The SMILES string of the molecule is COC1CCN(C(=O)c2c(C)nc(C(C)C)nc2SC)CC1. The number of piperidine rings is 1. The monoisotopic (exact) mass is 323 g/mol. The average molecular weight is 323 g/mol. The van der Waals surface area contributed by atoms with E-state index in [4.69, 9.17) is 4.74 Å². The Hall–Kier alpha value is -1.14. The second-order valence-electron chi connectivity index (χ2n) is 5.93. The maximum Gasteiger partial charge on any atom is 0.258 e. The highest BCUT2D eigenvalue weighted by Gasteiger charge is 2.27. The highest BCUT2D eigenvalue weighted by atomic mass is 32.2. The summed E-state index contributed by atoms with van der Waals surface area (Å²) in [4.78, 5) is 23.9. The molecule has 0 aliphatic carbocycles. The molecule has 5 nitrogen and oxygen atoms in total. The molecule has 0 unspecified atom stereocenters. The molecule has 0 radical (unpaired) electrons. The normalized spacial score (nSPS) is 16.4. The molecule has 0 aromatic carbocycles. The molecule has 1 aromatic heterocycles. The first-order chi connectivity index (χ1) is 10.5. The number of hydrogen-bond acceptors (Lipinski definition) is 5. The van der Waals surface area contributed by atoms with Crippen LogP contribution in [0.25, 0.3) is 0 Å². The van der Waals surface area contributed by atoms with Crippen molar-refractivity contribution in [3.63, 3.8) is 0 Å². The molecule has 1 fully saturated rings. The van der Waals surface area contributed by atoms with Crippen molar-refractivity contribution in [2.75, 3.05) is 26.5 Å². The van der Waals surface area contributed by atoms with Crippen molar-refractivity contribution in [1.29, 1.82) is 0 Å². The van der Waals surface area contributed by atoms with Crippen molar-refractivity contribution in [3.8, 4) is 0 Å². The number of carbonyl (C=O) groups is 1. The Labute approximate surface area is 136 Å². The summed E-state index contributed by atoms with van der Waals surface area (Å²) < 4.78 is 5.37. The standard InChI is InChI=1S/C16H25N3O2S/c1-10(2)14-17-11(3)13(15(18-14)22-5)16(20)19-8-6-12(21-4)7-9-19/h10,12H,6-9H2,1-5H3. The van der Waals surface area contributed by atoms with E-state index in [9.17, 15) is 4.79 Å². The van der Waals surface area contributed by atoms with Crippen LogP contribution >= 0.6 is 11.8 Å². The Balaban J connectivity index is 2.26. The number of aryl methyl sites for hydroxylation is 1. The summed E-state index contributed by atoms with van der Waals surface area (Å²) in [7, 11) is 1.73. The summed E-state index contributed by atoms with van der Waals surface area (Å²) in [5, 5.41) is 0.787. The fraction of sp³-hybridized carbons (Fsp3) is 0.688. The van der Waals surface area contributed by atoms with Crippen molar-refractivity contribution in [2.24, 2.45) is 0 Å². The van der Waals surface area contributed by atoms with E-state index in [1.807, 2.05) is 18.1 Å². The zero-order chi connectivity index (χ0) is 16.3. The third-order valence-electron chi connectivity index (χ3n) is 4.06. The smallest absolute Gasteiger partial charge is 0.258 e. The lowest BCUT2D eigenvalue weighted by Crippen LogP contribution is -2.41. The van der Waals surface area contributed by atoms with Crippen molar-refractivity contribution in [2.45, 2.75) is 50.7 Å². The van der Waals surface area contributed by atoms with Gasteiger partial charge in [-0.1, -0.05) is 13.8 Å². The quantitative estimate of drug-likeness (QED) is 0.630. The minimum absolute atomic E-state index is 0.0479. The van der Waals surface area contributed by atoms with Crippen molar-refractivity contribution in [3.05, 3.63) is 17.1 Å². The number of hydrogen-bond donors (Lipinski definition) is 0. The molecular weight excluding hydrogens is 298 g/mol. The van der Waals surface area contributed by atoms with Crippen LogP contribution in [0.3, 0.4) is 0 Å². The van der Waals surface area contributed by atoms with Gasteiger partial charge in [0.05, 0.1) is 17.4 Å². The summed E-state index contributed by atoms with van der Waals surface area (Å²) in [6.07, 6.45) is 4.01. The lowest BCUT2D eigenvalue weighted by molar-refractivity contribution is 0.0348. The Morgan fingerprint density at radius 2 is 1.95 bits per heavy atom. The maximum atomic E-state index is 12.9. The third-order valence-corrected chi connectivity index (χ3v) is 4.74. The number of ether oxygens (including phenoxy) is 1. The van der Waals surface area contributed by atoms with Gasteiger partial charge in [-0.25, -0.2) is 9.97 Å². The van der Waals surface area contributed by atoms with Gasteiger partial charge in [0, 0.05) is 26.1 Å². The van der Waals surface area contributed by atoms with Gasteiger partial charge in [0.25, 0.3) is 5.91 Å². The largest absolute Gasteiger partial charge is 0.381 e. The summed E-state index contributed by atoms with van der Waals surface area (Å²) in [6.45, 7) is 7.50. The minimum Gasteiger partial charge on any atom is -0.381 e. The summed E-state index contributed by atoms with van der Waals surface area (Å²) in [6, 6.07) is 0. The molecule has 6 heteroatoms. The number of rotatable bonds is 4. The molecule has 1 aliphatic heterocycles. The fourth-order valence-corrected chi connectivity index (χ4v) is 3.30. The molecule has 1 aromatic rings. The third kappa shape index (κ3) is 3.60. The predicted octanol–water partition coefficient (Wildman–Crippen LogP) is 2.88. The second kappa shape index (κ2) is 7.42. The van der Waals surface area contributed by atoms with Gasteiger partial charge in [-0.05, 0) is 26.0 Å². The molecule has 0 spiro atoms. The molecule has 22 heavy (non-hydrogen) atoms.